The Morgan fingerprint density at radius 2 is 2.26 bits per heavy atom. The van der Waals surface area contributed by atoms with Crippen LogP contribution in [0.5, 0.6) is 0 Å². The van der Waals surface area contributed by atoms with Crippen LogP contribution in [-0.2, 0) is 0 Å². The molecular weight excluding hydrogens is 292 g/mol. The standard InChI is InChI=1S/C17H24N4O2/c1-4-20(12-13(2)3)17(23)19-14-7-5-8-15(11-14)21-10-6-9-18-16(21)22/h5,7-8,11H,2,4,6,9-10,12H2,1,3H3,(H,18,22)(H,19,23). The van der Waals surface area contributed by atoms with Crippen LogP contribution in [-0.4, -0.2) is 43.1 Å². The molecule has 0 atom stereocenters. The number of benzene rings is 1. The molecule has 0 saturated carbocycles. The number of carbonyl (C=O) groups excluding carboxylic acids is 2. The van der Waals surface area contributed by atoms with Gasteiger partial charge in [-0.15, -0.1) is 0 Å². The number of hydrogen-bond acceptors (Lipinski definition) is 2. The van der Waals surface area contributed by atoms with E-state index >= 15 is 0 Å². The van der Waals surface area contributed by atoms with E-state index < -0.39 is 0 Å². The van der Waals surface area contributed by atoms with Gasteiger partial charge in [0.25, 0.3) is 0 Å². The molecule has 6 nitrogen and oxygen atoms in total. The highest BCUT2D eigenvalue weighted by Crippen LogP contribution is 2.21. The predicted molar refractivity (Wildman–Crippen MR) is 92.9 cm³/mol. The summed E-state index contributed by atoms with van der Waals surface area (Å²) in [6, 6.07) is 7.07. The van der Waals surface area contributed by atoms with Crippen molar-refractivity contribution >= 4 is 23.4 Å². The van der Waals surface area contributed by atoms with Crippen molar-refractivity contribution < 1.29 is 9.59 Å². The molecule has 0 bridgehead atoms. The molecule has 0 aromatic heterocycles. The van der Waals surface area contributed by atoms with Crippen molar-refractivity contribution in [1.82, 2.24) is 10.2 Å². The van der Waals surface area contributed by atoms with Crippen molar-refractivity contribution in [2.24, 2.45) is 0 Å². The van der Waals surface area contributed by atoms with Crippen molar-refractivity contribution in [1.29, 1.82) is 0 Å². The third-order valence-electron chi connectivity index (χ3n) is 3.62. The Morgan fingerprint density at radius 3 is 2.91 bits per heavy atom. The molecule has 1 heterocycles. The number of likely N-dealkylation sites (N-methyl/N-ethyl adjacent to an activating group) is 1. The quantitative estimate of drug-likeness (QED) is 0.820. The first-order valence-corrected chi connectivity index (χ1v) is 7.87. The monoisotopic (exact) mass is 316 g/mol. The van der Waals surface area contributed by atoms with E-state index in [4.69, 9.17) is 0 Å². The van der Waals surface area contributed by atoms with E-state index in [2.05, 4.69) is 17.2 Å². The van der Waals surface area contributed by atoms with Crippen molar-refractivity contribution in [2.45, 2.75) is 20.3 Å². The predicted octanol–water partition coefficient (Wildman–Crippen LogP) is 3.04. The molecule has 1 aromatic rings. The minimum absolute atomic E-state index is 0.0998. The van der Waals surface area contributed by atoms with Gasteiger partial charge in [-0.05, 0) is 38.5 Å². The fraction of sp³-hybridized carbons (Fsp3) is 0.412. The number of nitrogens with one attached hydrogen (secondary N) is 2. The molecule has 124 valence electrons. The number of carbonyl (C=O) groups is 2. The molecule has 0 aliphatic carbocycles. The summed E-state index contributed by atoms with van der Waals surface area (Å²) in [5.74, 6) is 0. The lowest BCUT2D eigenvalue weighted by Gasteiger charge is -2.28. The number of nitrogens with zero attached hydrogens (tertiary/aromatic N) is 2. The summed E-state index contributed by atoms with van der Waals surface area (Å²) in [5.41, 5.74) is 2.38. The molecular formula is C17H24N4O2. The normalized spacial score (nSPS) is 14.2. The Hall–Kier alpha value is -2.50. The van der Waals surface area contributed by atoms with E-state index in [1.165, 1.54) is 0 Å². The number of rotatable bonds is 5. The smallest absolute Gasteiger partial charge is 0.322 e. The Morgan fingerprint density at radius 1 is 1.48 bits per heavy atom. The van der Waals surface area contributed by atoms with Gasteiger partial charge in [0.2, 0.25) is 0 Å². The number of anilines is 2. The molecule has 6 heteroatoms. The second-order valence-electron chi connectivity index (χ2n) is 5.69. The zero-order chi connectivity index (χ0) is 16.8. The van der Waals surface area contributed by atoms with Gasteiger partial charge in [-0.25, -0.2) is 9.59 Å². The van der Waals surface area contributed by atoms with Gasteiger partial charge < -0.3 is 15.5 Å². The first-order chi connectivity index (χ1) is 11.0. The highest BCUT2D eigenvalue weighted by Gasteiger charge is 2.19. The average molecular weight is 316 g/mol. The van der Waals surface area contributed by atoms with Gasteiger partial charge in [0.1, 0.15) is 0 Å². The molecule has 0 unspecified atom stereocenters. The van der Waals surface area contributed by atoms with Crippen molar-refractivity contribution in [3.8, 4) is 0 Å². The topological polar surface area (TPSA) is 64.7 Å². The van der Waals surface area contributed by atoms with Crippen LogP contribution in [0.25, 0.3) is 0 Å². The maximum absolute atomic E-state index is 12.3. The number of amides is 4. The lowest BCUT2D eigenvalue weighted by Crippen LogP contribution is -2.46. The lowest BCUT2D eigenvalue weighted by atomic mass is 10.2. The van der Waals surface area contributed by atoms with Crippen LogP contribution >= 0.6 is 0 Å². The summed E-state index contributed by atoms with van der Waals surface area (Å²) in [4.78, 5) is 27.6. The maximum atomic E-state index is 12.3. The molecule has 1 saturated heterocycles. The van der Waals surface area contributed by atoms with Gasteiger partial charge in [0, 0.05) is 37.6 Å². The fourth-order valence-electron chi connectivity index (χ4n) is 2.48. The Balaban J connectivity index is 2.08. The van der Waals surface area contributed by atoms with Crippen LogP contribution < -0.4 is 15.5 Å². The third kappa shape index (κ3) is 4.48. The van der Waals surface area contributed by atoms with E-state index in [-0.39, 0.29) is 12.1 Å². The van der Waals surface area contributed by atoms with Crippen LogP contribution in [0.15, 0.2) is 36.4 Å². The summed E-state index contributed by atoms with van der Waals surface area (Å²) in [5, 5.41) is 5.70. The van der Waals surface area contributed by atoms with Gasteiger partial charge in [0.05, 0.1) is 0 Å². The largest absolute Gasteiger partial charge is 0.338 e. The first-order valence-electron chi connectivity index (χ1n) is 7.87. The number of hydrogen-bond donors (Lipinski definition) is 2. The molecule has 1 aliphatic rings. The Bertz CT molecular complexity index is 600. The minimum atomic E-state index is -0.171. The Labute approximate surface area is 137 Å². The molecule has 1 aliphatic heterocycles. The molecule has 2 N–H and O–H groups in total. The van der Waals surface area contributed by atoms with E-state index in [0.29, 0.717) is 31.9 Å². The van der Waals surface area contributed by atoms with Gasteiger partial charge in [-0.1, -0.05) is 18.2 Å². The minimum Gasteiger partial charge on any atom is -0.338 e. The zero-order valence-corrected chi connectivity index (χ0v) is 13.8. The van der Waals surface area contributed by atoms with E-state index in [1.54, 1.807) is 9.80 Å². The highest BCUT2D eigenvalue weighted by molar-refractivity contribution is 5.94. The average Bonchev–Trinajstić information content (AvgIpc) is 2.53. The highest BCUT2D eigenvalue weighted by atomic mass is 16.2. The van der Waals surface area contributed by atoms with Crippen LogP contribution in [0.4, 0.5) is 21.0 Å². The van der Waals surface area contributed by atoms with Gasteiger partial charge in [-0.3, -0.25) is 4.90 Å². The Kier molecular flexibility index (Phi) is 5.62. The van der Waals surface area contributed by atoms with Crippen molar-refractivity contribution in [3.05, 3.63) is 36.4 Å². The molecule has 4 amide bonds. The van der Waals surface area contributed by atoms with Crippen molar-refractivity contribution in [2.75, 3.05) is 36.4 Å². The van der Waals surface area contributed by atoms with E-state index in [0.717, 1.165) is 17.7 Å². The van der Waals surface area contributed by atoms with Gasteiger partial charge >= 0.3 is 12.1 Å². The summed E-state index contributed by atoms with van der Waals surface area (Å²) < 4.78 is 0. The van der Waals surface area contributed by atoms with Gasteiger partial charge in [-0.2, -0.15) is 0 Å². The van der Waals surface area contributed by atoms with E-state index in [1.807, 2.05) is 38.1 Å². The van der Waals surface area contributed by atoms with Crippen LogP contribution in [0.1, 0.15) is 20.3 Å². The van der Waals surface area contributed by atoms with Crippen LogP contribution in [0, 0.1) is 0 Å². The summed E-state index contributed by atoms with van der Waals surface area (Å²) in [6.07, 6.45) is 0.907. The zero-order valence-electron chi connectivity index (χ0n) is 13.8. The summed E-state index contributed by atoms with van der Waals surface area (Å²) >= 11 is 0. The first kappa shape index (κ1) is 16.9. The molecule has 0 spiro atoms. The second-order valence-corrected chi connectivity index (χ2v) is 5.69. The third-order valence-corrected chi connectivity index (χ3v) is 3.62. The second kappa shape index (κ2) is 7.67. The van der Waals surface area contributed by atoms with Gasteiger partial charge in [0.15, 0.2) is 0 Å². The summed E-state index contributed by atoms with van der Waals surface area (Å²) in [7, 11) is 0. The lowest BCUT2D eigenvalue weighted by molar-refractivity contribution is 0.218. The van der Waals surface area contributed by atoms with E-state index in [9.17, 15) is 9.59 Å². The maximum Gasteiger partial charge on any atom is 0.322 e. The molecule has 1 aromatic carbocycles. The van der Waals surface area contributed by atoms with Crippen molar-refractivity contribution in [3.63, 3.8) is 0 Å². The summed E-state index contributed by atoms with van der Waals surface area (Å²) in [6.45, 7) is 10.2. The van der Waals surface area contributed by atoms with Crippen LogP contribution in [0.2, 0.25) is 0 Å². The van der Waals surface area contributed by atoms with Crippen LogP contribution in [0.3, 0.4) is 0 Å². The molecule has 2 rings (SSSR count). The number of urea groups is 2. The molecule has 0 radical (unpaired) electrons. The SMILES string of the molecule is C=C(C)CN(CC)C(=O)Nc1cccc(N2CCCNC2=O)c1. The molecule has 1 fully saturated rings. The molecule has 23 heavy (non-hydrogen) atoms. The fourth-order valence-corrected chi connectivity index (χ4v) is 2.48.